The van der Waals surface area contributed by atoms with E-state index >= 15 is 0 Å². The lowest BCUT2D eigenvalue weighted by molar-refractivity contribution is -0.136. The van der Waals surface area contributed by atoms with E-state index in [2.05, 4.69) is 39.5 Å². The molecular formula is C27H32N4O2. The first-order valence-electron chi connectivity index (χ1n) is 11.6. The number of para-hydroxylation sites is 1. The maximum absolute atomic E-state index is 13.3. The number of benzene rings is 2. The van der Waals surface area contributed by atoms with E-state index in [1.807, 2.05) is 50.1 Å². The summed E-state index contributed by atoms with van der Waals surface area (Å²) in [6.07, 6.45) is 1.83. The number of hydrogen-bond donors (Lipinski definition) is 1. The summed E-state index contributed by atoms with van der Waals surface area (Å²) in [7, 11) is 0. The first-order chi connectivity index (χ1) is 15.9. The van der Waals surface area contributed by atoms with Crippen LogP contribution in [0.2, 0.25) is 0 Å². The Kier molecular flexibility index (Phi) is 7.04. The molecule has 0 aliphatic carbocycles. The van der Waals surface area contributed by atoms with Gasteiger partial charge < -0.3 is 10.2 Å². The fourth-order valence-corrected chi connectivity index (χ4v) is 4.30. The van der Waals surface area contributed by atoms with Crippen LogP contribution >= 0.6 is 0 Å². The number of carbonyl (C=O) groups excluding carboxylic acids is 2. The lowest BCUT2D eigenvalue weighted by atomic mass is 10.0. The third kappa shape index (κ3) is 5.40. The number of aromatic nitrogens is 1. The molecule has 1 atom stereocenters. The zero-order valence-electron chi connectivity index (χ0n) is 19.6. The molecule has 0 bridgehead atoms. The Bertz CT molecular complexity index is 1110. The van der Waals surface area contributed by atoms with Gasteiger partial charge in [0.15, 0.2) is 0 Å². The molecule has 2 aromatic carbocycles. The summed E-state index contributed by atoms with van der Waals surface area (Å²) < 4.78 is 0. The molecule has 6 nitrogen and oxygen atoms in total. The van der Waals surface area contributed by atoms with E-state index in [0.717, 1.165) is 36.1 Å². The Morgan fingerprint density at radius 1 is 0.970 bits per heavy atom. The van der Waals surface area contributed by atoms with Crippen molar-refractivity contribution in [3.05, 3.63) is 77.5 Å². The molecule has 4 rings (SSSR count). The van der Waals surface area contributed by atoms with Crippen molar-refractivity contribution in [1.29, 1.82) is 0 Å². The molecule has 1 fully saturated rings. The van der Waals surface area contributed by atoms with Gasteiger partial charge in [0.1, 0.15) is 6.04 Å². The number of carbonyl (C=O) groups is 2. The van der Waals surface area contributed by atoms with Gasteiger partial charge in [0.25, 0.3) is 5.91 Å². The van der Waals surface area contributed by atoms with Gasteiger partial charge in [0.2, 0.25) is 5.91 Å². The number of amides is 2. The molecule has 0 spiro atoms. The Balaban J connectivity index is 1.36. The molecule has 0 saturated carbocycles. The minimum atomic E-state index is -0.535. The maximum atomic E-state index is 13.3. The average molecular weight is 445 g/mol. The lowest BCUT2D eigenvalue weighted by Crippen LogP contribution is -2.56. The number of rotatable bonds is 6. The molecule has 1 N–H and O–H groups in total. The SMILES string of the molecule is Cc1ccc(C(=O)NC(C(=O)N2CCN(Cc3cccc4cccnc34)CC2)C(C)C)cc1. The molecule has 1 unspecified atom stereocenters. The Hall–Kier alpha value is -3.25. The average Bonchev–Trinajstić information content (AvgIpc) is 2.83. The van der Waals surface area contributed by atoms with Crippen molar-refractivity contribution in [2.75, 3.05) is 26.2 Å². The summed E-state index contributed by atoms with van der Waals surface area (Å²) in [4.78, 5) is 34.8. The highest BCUT2D eigenvalue weighted by Gasteiger charge is 2.31. The quantitative estimate of drug-likeness (QED) is 0.630. The van der Waals surface area contributed by atoms with Crippen molar-refractivity contribution in [3.63, 3.8) is 0 Å². The van der Waals surface area contributed by atoms with Crippen LogP contribution in [0.4, 0.5) is 0 Å². The number of aryl methyl sites for hydroxylation is 1. The van der Waals surface area contributed by atoms with Gasteiger partial charge in [-0.1, -0.05) is 55.8 Å². The van der Waals surface area contributed by atoms with E-state index in [4.69, 9.17) is 0 Å². The second-order valence-electron chi connectivity index (χ2n) is 9.15. The number of nitrogens with one attached hydrogen (secondary N) is 1. The van der Waals surface area contributed by atoms with Crippen molar-refractivity contribution >= 4 is 22.7 Å². The summed E-state index contributed by atoms with van der Waals surface area (Å²) in [5, 5.41) is 4.11. The minimum Gasteiger partial charge on any atom is -0.340 e. The van der Waals surface area contributed by atoms with Crippen LogP contribution in [0.1, 0.15) is 35.3 Å². The van der Waals surface area contributed by atoms with E-state index in [9.17, 15) is 9.59 Å². The molecule has 1 aliphatic heterocycles. The van der Waals surface area contributed by atoms with Gasteiger partial charge in [-0.05, 0) is 36.6 Å². The van der Waals surface area contributed by atoms with Crippen LogP contribution in [0.5, 0.6) is 0 Å². The lowest BCUT2D eigenvalue weighted by Gasteiger charge is -2.37. The molecule has 33 heavy (non-hydrogen) atoms. The van der Waals surface area contributed by atoms with Gasteiger partial charge in [-0.2, -0.15) is 0 Å². The third-order valence-corrected chi connectivity index (χ3v) is 6.33. The van der Waals surface area contributed by atoms with Crippen LogP contribution in [0.3, 0.4) is 0 Å². The first kappa shape index (κ1) is 22.9. The monoisotopic (exact) mass is 444 g/mol. The highest BCUT2D eigenvalue weighted by atomic mass is 16.2. The number of fused-ring (bicyclic) bond motifs is 1. The molecule has 3 aromatic rings. The van der Waals surface area contributed by atoms with Gasteiger partial charge in [-0.15, -0.1) is 0 Å². The molecule has 1 aromatic heterocycles. The fourth-order valence-electron chi connectivity index (χ4n) is 4.30. The van der Waals surface area contributed by atoms with Crippen LogP contribution in [0.15, 0.2) is 60.8 Å². The van der Waals surface area contributed by atoms with Gasteiger partial charge in [-0.3, -0.25) is 19.5 Å². The molecule has 2 amide bonds. The van der Waals surface area contributed by atoms with Crippen LogP contribution in [0, 0.1) is 12.8 Å². The van der Waals surface area contributed by atoms with Gasteiger partial charge in [0, 0.05) is 49.9 Å². The second-order valence-corrected chi connectivity index (χ2v) is 9.15. The largest absolute Gasteiger partial charge is 0.340 e. The van der Waals surface area contributed by atoms with Crippen molar-refractivity contribution in [2.45, 2.75) is 33.4 Å². The zero-order chi connectivity index (χ0) is 23.4. The van der Waals surface area contributed by atoms with Crippen LogP contribution in [-0.2, 0) is 11.3 Å². The first-order valence-corrected chi connectivity index (χ1v) is 11.6. The highest BCUT2D eigenvalue weighted by Crippen LogP contribution is 2.19. The number of hydrogen-bond acceptors (Lipinski definition) is 4. The molecule has 6 heteroatoms. The van der Waals surface area contributed by atoms with Crippen LogP contribution in [-0.4, -0.2) is 58.8 Å². The smallest absolute Gasteiger partial charge is 0.251 e. The normalized spacial score (nSPS) is 15.6. The van der Waals surface area contributed by atoms with Crippen LogP contribution in [0.25, 0.3) is 10.9 Å². The fraction of sp³-hybridized carbons (Fsp3) is 0.370. The van der Waals surface area contributed by atoms with Crippen molar-refractivity contribution in [1.82, 2.24) is 20.1 Å². The number of pyridine rings is 1. The Morgan fingerprint density at radius 3 is 2.36 bits per heavy atom. The molecule has 172 valence electrons. The predicted octanol–water partition coefficient (Wildman–Crippen LogP) is 3.64. The Labute approximate surface area is 195 Å². The molecule has 1 aliphatic rings. The second kappa shape index (κ2) is 10.1. The number of piperazine rings is 1. The molecule has 2 heterocycles. The zero-order valence-corrected chi connectivity index (χ0v) is 19.6. The van der Waals surface area contributed by atoms with Gasteiger partial charge >= 0.3 is 0 Å². The predicted molar refractivity (Wildman–Crippen MR) is 131 cm³/mol. The van der Waals surface area contributed by atoms with Crippen molar-refractivity contribution < 1.29 is 9.59 Å². The summed E-state index contributed by atoms with van der Waals surface area (Å²) >= 11 is 0. The van der Waals surface area contributed by atoms with E-state index in [-0.39, 0.29) is 17.7 Å². The van der Waals surface area contributed by atoms with E-state index in [0.29, 0.717) is 18.7 Å². The third-order valence-electron chi connectivity index (χ3n) is 6.33. The highest BCUT2D eigenvalue weighted by molar-refractivity contribution is 5.97. The summed E-state index contributed by atoms with van der Waals surface area (Å²) in [6, 6.07) is 17.2. The van der Waals surface area contributed by atoms with E-state index < -0.39 is 6.04 Å². The summed E-state index contributed by atoms with van der Waals surface area (Å²) in [6.45, 7) is 9.65. The Morgan fingerprint density at radius 2 is 1.67 bits per heavy atom. The van der Waals surface area contributed by atoms with Crippen molar-refractivity contribution in [2.24, 2.45) is 5.92 Å². The molecule has 1 saturated heterocycles. The number of nitrogens with zero attached hydrogens (tertiary/aromatic N) is 3. The van der Waals surface area contributed by atoms with Gasteiger partial charge in [0.05, 0.1) is 5.52 Å². The topological polar surface area (TPSA) is 65.5 Å². The molecular weight excluding hydrogens is 412 g/mol. The van der Waals surface area contributed by atoms with Crippen LogP contribution < -0.4 is 5.32 Å². The van der Waals surface area contributed by atoms with Gasteiger partial charge in [-0.25, -0.2) is 0 Å². The van der Waals surface area contributed by atoms with E-state index in [1.54, 1.807) is 12.1 Å². The minimum absolute atomic E-state index is 0.00283. The summed E-state index contributed by atoms with van der Waals surface area (Å²) in [5.74, 6) is -0.201. The standard InChI is InChI=1S/C27H32N4O2/c1-19(2)24(29-26(32)22-11-9-20(3)10-12-22)27(33)31-16-14-30(15-17-31)18-23-7-4-6-21-8-5-13-28-25(21)23/h4-13,19,24H,14-18H2,1-3H3,(H,29,32). The molecule has 0 radical (unpaired) electrons. The summed E-state index contributed by atoms with van der Waals surface area (Å²) in [5.41, 5.74) is 3.92. The van der Waals surface area contributed by atoms with Crippen molar-refractivity contribution in [3.8, 4) is 0 Å². The maximum Gasteiger partial charge on any atom is 0.251 e. The van der Waals surface area contributed by atoms with E-state index in [1.165, 1.54) is 5.56 Å².